The molecule has 96 valence electrons. The molecule has 0 unspecified atom stereocenters. The fourth-order valence-corrected chi connectivity index (χ4v) is 1.06. The number of aliphatic hydroxyl groups is 1. The highest BCUT2D eigenvalue weighted by Gasteiger charge is 2.24. The number of aliphatic hydroxyl groups excluding tert-OH is 1. The number of carbonyl (C=O) groups is 1. The van der Waals surface area contributed by atoms with Gasteiger partial charge in [-0.3, -0.25) is 14.9 Å². The standard InChI is InChI=1S/C11H12N2O5/c1-2-9(14)18-11(13(16)17)10(15)12-8-6-4-3-5-7-8/h3-7,12,15H,2H2,1H3/b11-10-. The molecule has 1 aromatic carbocycles. The van der Waals surface area contributed by atoms with Gasteiger partial charge in [-0.1, -0.05) is 25.1 Å². The molecule has 0 saturated carbocycles. The first-order valence-corrected chi connectivity index (χ1v) is 5.15. The lowest BCUT2D eigenvalue weighted by Gasteiger charge is -2.05. The third kappa shape index (κ3) is 3.78. The number of carbonyl (C=O) groups excluding carboxylic acids is 1. The van der Waals surface area contributed by atoms with E-state index in [1.165, 1.54) is 6.92 Å². The molecule has 0 aliphatic carbocycles. The second kappa shape index (κ2) is 6.24. The Labute approximate surface area is 103 Å². The smallest absolute Gasteiger partial charge is 0.487 e. The molecule has 1 aromatic rings. The zero-order valence-electron chi connectivity index (χ0n) is 9.62. The molecule has 0 fully saturated rings. The number of rotatable bonds is 5. The van der Waals surface area contributed by atoms with Crippen molar-refractivity contribution in [2.45, 2.75) is 13.3 Å². The van der Waals surface area contributed by atoms with Crippen LogP contribution in [0.5, 0.6) is 0 Å². The Balaban J connectivity index is 2.90. The summed E-state index contributed by atoms with van der Waals surface area (Å²) in [5.41, 5.74) is 0.432. The number of hydrogen-bond acceptors (Lipinski definition) is 6. The second-order valence-electron chi connectivity index (χ2n) is 3.23. The van der Waals surface area contributed by atoms with Crippen molar-refractivity contribution in [3.8, 4) is 0 Å². The number of anilines is 1. The summed E-state index contributed by atoms with van der Waals surface area (Å²) in [5, 5.41) is 22.5. The molecule has 0 aromatic heterocycles. The Bertz CT molecular complexity index is 470. The number of hydrogen-bond donors (Lipinski definition) is 2. The van der Waals surface area contributed by atoms with Crippen molar-refractivity contribution < 1.29 is 19.6 Å². The van der Waals surface area contributed by atoms with Gasteiger partial charge >= 0.3 is 17.7 Å². The van der Waals surface area contributed by atoms with Crippen LogP contribution in [-0.4, -0.2) is 16.0 Å². The maximum absolute atomic E-state index is 11.0. The van der Waals surface area contributed by atoms with E-state index >= 15 is 0 Å². The van der Waals surface area contributed by atoms with Gasteiger partial charge in [-0.25, -0.2) is 0 Å². The summed E-state index contributed by atoms with van der Waals surface area (Å²) >= 11 is 0. The lowest BCUT2D eigenvalue weighted by molar-refractivity contribution is -0.461. The molecular weight excluding hydrogens is 240 g/mol. The van der Waals surface area contributed by atoms with Crippen molar-refractivity contribution in [3.05, 3.63) is 52.2 Å². The van der Waals surface area contributed by atoms with Crippen molar-refractivity contribution in [2.75, 3.05) is 5.32 Å². The molecule has 0 aliphatic heterocycles. The number of nitro groups is 1. The molecule has 0 spiro atoms. The van der Waals surface area contributed by atoms with Crippen LogP contribution in [-0.2, 0) is 9.53 Å². The molecule has 0 aliphatic rings. The molecule has 0 amide bonds. The van der Waals surface area contributed by atoms with E-state index < -0.39 is 22.7 Å². The molecular formula is C11H12N2O5. The number of para-hydroxylation sites is 1. The Morgan fingerprint density at radius 3 is 2.56 bits per heavy atom. The first-order valence-electron chi connectivity index (χ1n) is 5.15. The maximum Gasteiger partial charge on any atom is 0.496 e. The van der Waals surface area contributed by atoms with Gasteiger partial charge in [0.2, 0.25) is 0 Å². The Morgan fingerprint density at radius 2 is 2.06 bits per heavy atom. The number of esters is 1. The van der Waals surface area contributed by atoms with Crippen LogP contribution in [0.25, 0.3) is 0 Å². The molecule has 7 heteroatoms. The third-order valence-electron chi connectivity index (χ3n) is 1.90. The first kappa shape index (κ1) is 13.5. The minimum absolute atomic E-state index is 0.0318. The fraction of sp³-hybridized carbons (Fsp3) is 0.182. The molecule has 0 radical (unpaired) electrons. The average molecular weight is 252 g/mol. The summed E-state index contributed by atoms with van der Waals surface area (Å²) in [4.78, 5) is 20.7. The molecule has 0 atom stereocenters. The predicted octanol–water partition coefficient (Wildman–Crippen LogP) is 2.01. The van der Waals surface area contributed by atoms with Crippen LogP contribution in [0.2, 0.25) is 0 Å². The normalized spacial score (nSPS) is 11.4. The molecule has 2 N–H and O–H groups in total. The lowest BCUT2D eigenvalue weighted by atomic mass is 10.3. The molecule has 18 heavy (non-hydrogen) atoms. The summed E-state index contributed by atoms with van der Waals surface area (Å²) in [5.74, 6) is -2.65. The third-order valence-corrected chi connectivity index (χ3v) is 1.90. The number of nitrogens with one attached hydrogen (secondary N) is 1. The largest absolute Gasteiger partial charge is 0.496 e. The zero-order chi connectivity index (χ0) is 13.5. The minimum Gasteiger partial charge on any atom is -0.487 e. The summed E-state index contributed by atoms with van der Waals surface area (Å²) < 4.78 is 4.42. The van der Waals surface area contributed by atoms with Crippen molar-refractivity contribution in [3.63, 3.8) is 0 Å². The van der Waals surface area contributed by atoms with E-state index in [2.05, 4.69) is 10.1 Å². The van der Waals surface area contributed by atoms with Crippen molar-refractivity contribution in [1.82, 2.24) is 0 Å². The number of ether oxygens (including phenoxy) is 1. The van der Waals surface area contributed by atoms with Gasteiger partial charge < -0.3 is 15.2 Å². The van der Waals surface area contributed by atoms with E-state index in [1.54, 1.807) is 30.3 Å². The van der Waals surface area contributed by atoms with Gasteiger partial charge in [0.1, 0.15) is 4.92 Å². The second-order valence-corrected chi connectivity index (χ2v) is 3.23. The highest BCUT2D eigenvalue weighted by atomic mass is 16.7. The fourth-order valence-electron chi connectivity index (χ4n) is 1.06. The van der Waals surface area contributed by atoms with Gasteiger partial charge in [-0.2, -0.15) is 0 Å². The van der Waals surface area contributed by atoms with Gasteiger partial charge in [-0.05, 0) is 12.1 Å². The molecule has 0 saturated heterocycles. The quantitative estimate of drug-likeness (QED) is 0.359. The van der Waals surface area contributed by atoms with Crippen LogP contribution in [0.4, 0.5) is 5.69 Å². The topological polar surface area (TPSA) is 102 Å². The van der Waals surface area contributed by atoms with Crippen molar-refractivity contribution in [1.29, 1.82) is 0 Å². The van der Waals surface area contributed by atoms with Crippen molar-refractivity contribution >= 4 is 11.7 Å². The van der Waals surface area contributed by atoms with E-state index in [0.717, 1.165) is 0 Å². The van der Waals surface area contributed by atoms with Crippen LogP contribution in [0.15, 0.2) is 42.1 Å². The summed E-state index contributed by atoms with van der Waals surface area (Å²) in [6.45, 7) is 1.49. The average Bonchev–Trinajstić information content (AvgIpc) is 2.36. The summed E-state index contributed by atoms with van der Waals surface area (Å²) in [7, 11) is 0. The molecule has 0 bridgehead atoms. The van der Waals surface area contributed by atoms with Gasteiger partial charge in [0.05, 0.1) is 0 Å². The Hall–Kier alpha value is -2.57. The van der Waals surface area contributed by atoms with Crippen LogP contribution in [0.1, 0.15) is 13.3 Å². The zero-order valence-corrected chi connectivity index (χ0v) is 9.62. The van der Waals surface area contributed by atoms with Gasteiger partial charge in [0.15, 0.2) is 0 Å². The molecule has 0 heterocycles. The Kier molecular flexibility index (Phi) is 4.67. The van der Waals surface area contributed by atoms with E-state index in [0.29, 0.717) is 5.69 Å². The first-order chi connectivity index (χ1) is 8.54. The number of benzene rings is 1. The van der Waals surface area contributed by atoms with Gasteiger partial charge in [0, 0.05) is 12.1 Å². The summed E-state index contributed by atoms with van der Waals surface area (Å²) in [6.07, 6.45) is -0.0318. The van der Waals surface area contributed by atoms with Gasteiger partial charge in [0.25, 0.3) is 0 Å². The van der Waals surface area contributed by atoms with Crippen molar-refractivity contribution in [2.24, 2.45) is 0 Å². The highest BCUT2D eigenvalue weighted by molar-refractivity contribution is 5.70. The molecule has 7 nitrogen and oxygen atoms in total. The molecule has 1 rings (SSSR count). The lowest BCUT2D eigenvalue weighted by Crippen LogP contribution is -2.15. The maximum atomic E-state index is 11.0. The minimum atomic E-state index is -1.02. The van der Waals surface area contributed by atoms with Crippen LogP contribution in [0.3, 0.4) is 0 Å². The summed E-state index contributed by atoms with van der Waals surface area (Å²) in [6, 6.07) is 8.29. The van der Waals surface area contributed by atoms with Crippen LogP contribution < -0.4 is 5.32 Å². The monoisotopic (exact) mass is 252 g/mol. The van der Waals surface area contributed by atoms with Gasteiger partial charge in [-0.15, -0.1) is 0 Å². The van der Waals surface area contributed by atoms with E-state index in [-0.39, 0.29) is 6.42 Å². The van der Waals surface area contributed by atoms with Crippen LogP contribution >= 0.6 is 0 Å². The predicted molar refractivity (Wildman–Crippen MR) is 63.1 cm³/mol. The van der Waals surface area contributed by atoms with E-state index in [4.69, 9.17) is 0 Å². The Morgan fingerprint density at radius 1 is 1.44 bits per heavy atom. The highest BCUT2D eigenvalue weighted by Crippen LogP contribution is 2.12. The van der Waals surface area contributed by atoms with Crippen LogP contribution in [0, 0.1) is 10.1 Å². The van der Waals surface area contributed by atoms with E-state index in [1.807, 2.05) is 0 Å². The number of nitrogens with zero attached hydrogens (tertiary/aromatic N) is 1. The van der Waals surface area contributed by atoms with E-state index in [9.17, 15) is 20.0 Å². The SMILES string of the molecule is CCC(=O)O/C(=C(\O)Nc1ccccc1)[N+](=O)[O-].